The van der Waals surface area contributed by atoms with Crippen molar-refractivity contribution in [1.82, 2.24) is 15.2 Å². The van der Waals surface area contributed by atoms with E-state index in [1.54, 1.807) is 0 Å². The molecular weight excluding hydrogens is 254 g/mol. The number of nitrogens with zero attached hydrogens (tertiary/aromatic N) is 1. The molecule has 2 heterocycles. The van der Waals surface area contributed by atoms with Crippen LogP contribution >= 0.6 is 15.9 Å². The van der Waals surface area contributed by atoms with Gasteiger partial charge in [-0.2, -0.15) is 0 Å². The maximum atomic E-state index is 3.65. The summed E-state index contributed by atoms with van der Waals surface area (Å²) in [4.78, 5) is 5.87. The van der Waals surface area contributed by atoms with Crippen molar-refractivity contribution in [2.45, 2.75) is 20.4 Å². The molecule has 0 radical (unpaired) electrons. The largest absolute Gasteiger partial charge is 0.361 e. The minimum atomic E-state index is 1.05. The SMILES string of the molecule is Cc1[nH]c(C)c(CN2CCNCC2)c1Br. The van der Waals surface area contributed by atoms with Crippen molar-refractivity contribution in [3.8, 4) is 0 Å². The first kappa shape index (κ1) is 11.2. The van der Waals surface area contributed by atoms with E-state index < -0.39 is 0 Å². The van der Waals surface area contributed by atoms with E-state index in [0.29, 0.717) is 0 Å². The molecule has 1 fully saturated rings. The zero-order valence-electron chi connectivity index (χ0n) is 9.36. The number of H-pyrrole nitrogens is 1. The molecule has 0 unspecified atom stereocenters. The molecule has 0 atom stereocenters. The van der Waals surface area contributed by atoms with Crippen molar-refractivity contribution in [2.75, 3.05) is 26.2 Å². The predicted octanol–water partition coefficient (Wildman–Crippen LogP) is 1.80. The van der Waals surface area contributed by atoms with Gasteiger partial charge >= 0.3 is 0 Å². The summed E-state index contributed by atoms with van der Waals surface area (Å²) in [5, 5.41) is 3.37. The Labute approximate surface area is 99.4 Å². The summed E-state index contributed by atoms with van der Waals surface area (Å²) in [6, 6.07) is 0. The summed E-state index contributed by atoms with van der Waals surface area (Å²) in [7, 11) is 0. The number of hydrogen-bond acceptors (Lipinski definition) is 2. The Morgan fingerprint density at radius 1 is 1.20 bits per heavy atom. The van der Waals surface area contributed by atoms with Crippen LogP contribution in [-0.2, 0) is 6.54 Å². The Bertz CT molecular complexity index is 340. The van der Waals surface area contributed by atoms with Crippen LogP contribution in [0.3, 0.4) is 0 Å². The normalized spacial score (nSPS) is 18.3. The molecule has 2 N–H and O–H groups in total. The fraction of sp³-hybridized carbons (Fsp3) is 0.636. The second-order valence-electron chi connectivity index (χ2n) is 4.19. The van der Waals surface area contributed by atoms with E-state index >= 15 is 0 Å². The van der Waals surface area contributed by atoms with Crippen LogP contribution in [0.25, 0.3) is 0 Å². The van der Waals surface area contributed by atoms with Crippen LogP contribution in [-0.4, -0.2) is 36.1 Å². The molecular formula is C11H18BrN3. The van der Waals surface area contributed by atoms with Crippen LogP contribution in [0.1, 0.15) is 17.0 Å². The number of aromatic amines is 1. The van der Waals surface area contributed by atoms with E-state index in [-0.39, 0.29) is 0 Å². The molecule has 1 saturated heterocycles. The van der Waals surface area contributed by atoms with Crippen LogP contribution < -0.4 is 5.32 Å². The molecule has 1 aliphatic heterocycles. The lowest BCUT2D eigenvalue weighted by Crippen LogP contribution is -2.42. The summed E-state index contributed by atoms with van der Waals surface area (Å²) < 4.78 is 1.25. The second-order valence-corrected chi connectivity index (χ2v) is 4.99. The van der Waals surface area contributed by atoms with Crippen LogP contribution in [0.5, 0.6) is 0 Å². The maximum absolute atomic E-state index is 3.65. The van der Waals surface area contributed by atoms with Crippen LogP contribution in [0.15, 0.2) is 4.47 Å². The fourth-order valence-electron chi connectivity index (χ4n) is 2.08. The first-order valence-electron chi connectivity index (χ1n) is 5.45. The van der Waals surface area contributed by atoms with Crippen LogP contribution in [0.4, 0.5) is 0 Å². The van der Waals surface area contributed by atoms with Crippen molar-refractivity contribution < 1.29 is 0 Å². The summed E-state index contributed by atoms with van der Waals surface area (Å²) in [6.45, 7) is 9.83. The summed E-state index contributed by atoms with van der Waals surface area (Å²) in [5.74, 6) is 0. The Morgan fingerprint density at radius 2 is 1.87 bits per heavy atom. The van der Waals surface area contributed by atoms with E-state index in [4.69, 9.17) is 0 Å². The number of aromatic nitrogens is 1. The number of rotatable bonds is 2. The Hall–Kier alpha value is -0.320. The minimum absolute atomic E-state index is 1.05. The summed E-state index contributed by atoms with van der Waals surface area (Å²) >= 11 is 3.65. The Morgan fingerprint density at radius 3 is 2.40 bits per heavy atom. The molecule has 0 amide bonds. The monoisotopic (exact) mass is 271 g/mol. The lowest BCUT2D eigenvalue weighted by Gasteiger charge is -2.27. The molecule has 0 saturated carbocycles. The van der Waals surface area contributed by atoms with Gasteiger partial charge in [0.05, 0.1) is 0 Å². The average Bonchev–Trinajstić information content (AvgIpc) is 2.47. The van der Waals surface area contributed by atoms with Gasteiger partial charge in [0.25, 0.3) is 0 Å². The third-order valence-electron chi connectivity index (χ3n) is 3.01. The Kier molecular flexibility index (Phi) is 3.49. The van der Waals surface area contributed by atoms with Crippen molar-refractivity contribution >= 4 is 15.9 Å². The van der Waals surface area contributed by atoms with Gasteiger partial charge in [0.1, 0.15) is 0 Å². The standard InChI is InChI=1S/C11H18BrN3/c1-8-10(11(12)9(2)14-8)7-15-5-3-13-4-6-15/h13-14H,3-7H2,1-2H3. The molecule has 1 aromatic rings. The average molecular weight is 272 g/mol. The molecule has 3 nitrogen and oxygen atoms in total. The highest BCUT2D eigenvalue weighted by molar-refractivity contribution is 9.10. The number of aryl methyl sites for hydroxylation is 2. The van der Waals surface area contributed by atoms with E-state index in [9.17, 15) is 0 Å². The Balaban J connectivity index is 2.09. The summed E-state index contributed by atoms with van der Waals surface area (Å²) in [5.41, 5.74) is 3.94. The molecule has 4 heteroatoms. The second kappa shape index (κ2) is 4.68. The quantitative estimate of drug-likeness (QED) is 0.860. The topological polar surface area (TPSA) is 31.1 Å². The molecule has 0 aromatic carbocycles. The smallest absolute Gasteiger partial charge is 0.0427 e. The first-order chi connectivity index (χ1) is 7.18. The molecule has 0 aliphatic carbocycles. The van der Waals surface area contributed by atoms with Crippen molar-refractivity contribution in [3.63, 3.8) is 0 Å². The minimum Gasteiger partial charge on any atom is -0.361 e. The zero-order valence-corrected chi connectivity index (χ0v) is 10.9. The van der Waals surface area contributed by atoms with Gasteiger partial charge in [0.15, 0.2) is 0 Å². The van der Waals surface area contributed by atoms with E-state index in [1.165, 1.54) is 21.4 Å². The van der Waals surface area contributed by atoms with Crippen molar-refractivity contribution in [2.24, 2.45) is 0 Å². The highest BCUT2D eigenvalue weighted by atomic mass is 79.9. The molecule has 0 spiro atoms. The van der Waals surface area contributed by atoms with E-state index in [0.717, 1.165) is 32.7 Å². The van der Waals surface area contributed by atoms with Crippen LogP contribution in [0.2, 0.25) is 0 Å². The molecule has 0 bridgehead atoms. The molecule has 84 valence electrons. The third kappa shape index (κ3) is 2.44. The van der Waals surface area contributed by atoms with Gasteiger partial charge in [-0.05, 0) is 29.8 Å². The van der Waals surface area contributed by atoms with E-state index in [2.05, 4.69) is 45.0 Å². The maximum Gasteiger partial charge on any atom is 0.0427 e. The predicted molar refractivity (Wildman–Crippen MR) is 66.1 cm³/mol. The van der Waals surface area contributed by atoms with Crippen molar-refractivity contribution in [3.05, 3.63) is 21.4 Å². The van der Waals surface area contributed by atoms with E-state index in [1.807, 2.05) is 0 Å². The van der Waals surface area contributed by atoms with Crippen LogP contribution in [0, 0.1) is 13.8 Å². The van der Waals surface area contributed by atoms with Gasteiger partial charge in [-0.15, -0.1) is 0 Å². The number of nitrogens with one attached hydrogen (secondary N) is 2. The van der Waals surface area contributed by atoms with Gasteiger partial charge < -0.3 is 10.3 Å². The molecule has 1 aromatic heterocycles. The number of hydrogen-bond donors (Lipinski definition) is 2. The highest BCUT2D eigenvalue weighted by Gasteiger charge is 2.15. The molecule has 15 heavy (non-hydrogen) atoms. The zero-order chi connectivity index (χ0) is 10.8. The summed E-state index contributed by atoms with van der Waals surface area (Å²) in [6.07, 6.45) is 0. The van der Waals surface area contributed by atoms with Gasteiger partial charge in [0.2, 0.25) is 0 Å². The lowest BCUT2D eigenvalue weighted by atomic mass is 10.2. The first-order valence-corrected chi connectivity index (χ1v) is 6.24. The van der Waals surface area contributed by atoms with Crippen molar-refractivity contribution in [1.29, 1.82) is 0 Å². The number of piperazine rings is 1. The molecule has 1 aliphatic rings. The van der Waals surface area contributed by atoms with Gasteiger partial charge in [0, 0.05) is 54.1 Å². The van der Waals surface area contributed by atoms with Gasteiger partial charge in [-0.25, -0.2) is 0 Å². The van der Waals surface area contributed by atoms with Gasteiger partial charge in [-0.3, -0.25) is 4.90 Å². The third-order valence-corrected chi connectivity index (χ3v) is 4.09. The number of halogens is 1. The highest BCUT2D eigenvalue weighted by Crippen LogP contribution is 2.25. The van der Waals surface area contributed by atoms with Gasteiger partial charge in [-0.1, -0.05) is 0 Å². The lowest BCUT2D eigenvalue weighted by molar-refractivity contribution is 0.232. The molecule has 2 rings (SSSR count). The fourth-order valence-corrected chi connectivity index (χ4v) is 2.61.